The maximum absolute atomic E-state index is 11.9. The Bertz CT molecular complexity index is 570. The molecule has 19 heavy (non-hydrogen) atoms. The first-order valence-corrected chi connectivity index (χ1v) is 5.75. The molecule has 1 aromatic rings. The number of primary amides is 1. The maximum Gasteiger partial charge on any atom is 0.293 e. The van der Waals surface area contributed by atoms with Gasteiger partial charge in [0.25, 0.3) is 5.69 Å². The molecule has 1 aliphatic heterocycles. The molecule has 1 saturated heterocycles. The van der Waals surface area contributed by atoms with Crippen molar-refractivity contribution in [3.63, 3.8) is 0 Å². The van der Waals surface area contributed by atoms with Gasteiger partial charge in [-0.05, 0) is 12.5 Å². The number of nitro benzene ring substituents is 1. The van der Waals surface area contributed by atoms with Gasteiger partial charge in [0.15, 0.2) is 0 Å². The van der Waals surface area contributed by atoms with Crippen LogP contribution in [0.3, 0.4) is 0 Å². The van der Waals surface area contributed by atoms with Crippen LogP contribution in [0.25, 0.3) is 0 Å². The summed E-state index contributed by atoms with van der Waals surface area (Å²) >= 11 is 0. The minimum atomic E-state index is -0.591. The summed E-state index contributed by atoms with van der Waals surface area (Å²) in [6, 6.07) is 4.59. The molecule has 100 valence electrons. The van der Waals surface area contributed by atoms with Crippen LogP contribution in [0.5, 0.6) is 0 Å². The average molecular weight is 263 g/mol. The van der Waals surface area contributed by atoms with E-state index in [4.69, 9.17) is 5.73 Å². The molecular formula is C12H13N3O4. The molecule has 0 spiro atoms. The van der Waals surface area contributed by atoms with Crippen molar-refractivity contribution in [1.29, 1.82) is 0 Å². The molecule has 1 heterocycles. The van der Waals surface area contributed by atoms with Crippen molar-refractivity contribution in [1.82, 2.24) is 0 Å². The highest BCUT2D eigenvalue weighted by Crippen LogP contribution is 2.35. The van der Waals surface area contributed by atoms with Crippen LogP contribution in [0, 0.1) is 23.0 Å². The van der Waals surface area contributed by atoms with E-state index in [-0.39, 0.29) is 30.2 Å². The van der Waals surface area contributed by atoms with Gasteiger partial charge in [-0.2, -0.15) is 0 Å². The van der Waals surface area contributed by atoms with Gasteiger partial charge < -0.3 is 10.6 Å². The molecule has 1 unspecified atom stereocenters. The predicted octanol–water partition coefficient (Wildman–Crippen LogP) is 0.741. The van der Waals surface area contributed by atoms with Crippen LogP contribution in [0.1, 0.15) is 12.0 Å². The van der Waals surface area contributed by atoms with E-state index in [0.29, 0.717) is 5.56 Å². The van der Waals surface area contributed by atoms with Crippen molar-refractivity contribution >= 4 is 23.2 Å². The molecule has 0 radical (unpaired) electrons. The number of hydrogen-bond acceptors (Lipinski definition) is 4. The van der Waals surface area contributed by atoms with Crippen molar-refractivity contribution in [3.8, 4) is 0 Å². The van der Waals surface area contributed by atoms with Crippen LogP contribution in [0.15, 0.2) is 18.2 Å². The lowest BCUT2D eigenvalue weighted by Gasteiger charge is -2.18. The zero-order valence-electron chi connectivity index (χ0n) is 10.3. The van der Waals surface area contributed by atoms with Gasteiger partial charge in [-0.25, -0.2) is 0 Å². The van der Waals surface area contributed by atoms with E-state index >= 15 is 0 Å². The van der Waals surface area contributed by atoms with Gasteiger partial charge in [-0.1, -0.05) is 12.1 Å². The molecule has 0 aliphatic carbocycles. The molecule has 1 aromatic carbocycles. The summed E-state index contributed by atoms with van der Waals surface area (Å²) in [6.07, 6.45) is 0.000815. The Hall–Kier alpha value is -2.44. The molecule has 0 aromatic heterocycles. The molecular weight excluding hydrogens is 250 g/mol. The van der Waals surface area contributed by atoms with E-state index in [2.05, 4.69) is 0 Å². The zero-order valence-corrected chi connectivity index (χ0v) is 10.3. The lowest BCUT2D eigenvalue weighted by atomic mass is 10.1. The number of amides is 2. The molecule has 7 heteroatoms. The summed E-state index contributed by atoms with van der Waals surface area (Å²) < 4.78 is 0. The van der Waals surface area contributed by atoms with Crippen LogP contribution < -0.4 is 10.6 Å². The lowest BCUT2D eigenvalue weighted by Crippen LogP contribution is -2.29. The second-order valence-corrected chi connectivity index (χ2v) is 4.51. The van der Waals surface area contributed by atoms with Gasteiger partial charge >= 0.3 is 0 Å². The number of anilines is 1. The fourth-order valence-corrected chi connectivity index (χ4v) is 2.26. The standard InChI is InChI=1S/C12H13N3O4/c1-7-3-2-4-9(15(18)19)11(7)14-6-8(12(13)17)5-10(14)16/h2-4,8H,5-6H2,1H3,(H2,13,17). The maximum atomic E-state index is 11.9. The zero-order chi connectivity index (χ0) is 14.2. The first-order valence-electron chi connectivity index (χ1n) is 5.75. The van der Waals surface area contributed by atoms with Crippen molar-refractivity contribution in [2.45, 2.75) is 13.3 Å². The molecule has 2 N–H and O–H groups in total. The van der Waals surface area contributed by atoms with Crippen molar-refractivity contribution in [2.75, 3.05) is 11.4 Å². The molecule has 2 rings (SSSR count). The van der Waals surface area contributed by atoms with Gasteiger partial charge in [0.2, 0.25) is 11.8 Å². The van der Waals surface area contributed by atoms with Gasteiger partial charge in [-0.3, -0.25) is 19.7 Å². The summed E-state index contributed by atoms with van der Waals surface area (Å²) in [6.45, 7) is 1.78. The highest BCUT2D eigenvalue weighted by molar-refractivity contribution is 6.02. The van der Waals surface area contributed by atoms with Gasteiger partial charge in [0.1, 0.15) is 5.69 Å². The van der Waals surface area contributed by atoms with Crippen LogP contribution in [0.4, 0.5) is 11.4 Å². The molecule has 0 bridgehead atoms. The summed E-state index contributed by atoms with van der Waals surface area (Å²) in [5.41, 5.74) is 5.91. The third kappa shape index (κ3) is 2.26. The number of aryl methyl sites for hydroxylation is 1. The number of nitro groups is 1. The van der Waals surface area contributed by atoms with Crippen molar-refractivity contribution in [3.05, 3.63) is 33.9 Å². The van der Waals surface area contributed by atoms with Crippen LogP contribution in [-0.2, 0) is 9.59 Å². The Labute approximate surface area is 109 Å². The second-order valence-electron chi connectivity index (χ2n) is 4.51. The molecule has 1 atom stereocenters. The second kappa shape index (κ2) is 4.68. The number of benzene rings is 1. The normalized spacial score (nSPS) is 18.7. The third-order valence-electron chi connectivity index (χ3n) is 3.21. The smallest absolute Gasteiger partial charge is 0.293 e. The number of rotatable bonds is 3. The molecule has 0 saturated carbocycles. The first-order chi connectivity index (χ1) is 8.91. The first kappa shape index (κ1) is 13.0. The van der Waals surface area contributed by atoms with Crippen molar-refractivity contribution in [2.24, 2.45) is 11.7 Å². The van der Waals surface area contributed by atoms with E-state index in [1.807, 2.05) is 0 Å². The highest BCUT2D eigenvalue weighted by atomic mass is 16.6. The molecule has 2 amide bonds. The summed E-state index contributed by atoms with van der Waals surface area (Å²) in [5, 5.41) is 11.0. The largest absolute Gasteiger partial charge is 0.369 e. The lowest BCUT2D eigenvalue weighted by molar-refractivity contribution is -0.384. The SMILES string of the molecule is Cc1cccc([N+](=O)[O-])c1N1CC(C(N)=O)CC1=O. The Morgan fingerprint density at radius 3 is 2.74 bits per heavy atom. The molecule has 1 aliphatic rings. The van der Waals surface area contributed by atoms with Crippen molar-refractivity contribution < 1.29 is 14.5 Å². The van der Waals surface area contributed by atoms with E-state index in [1.165, 1.54) is 11.0 Å². The van der Waals surface area contributed by atoms with Gasteiger partial charge in [0.05, 0.1) is 10.8 Å². The van der Waals surface area contributed by atoms with E-state index < -0.39 is 16.7 Å². The van der Waals surface area contributed by atoms with Crippen LogP contribution in [-0.4, -0.2) is 23.3 Å². The number of nitrogens with two attached hydrogens (primary N) is 1. The summed E-state index contributed by atoms with van der Waals surface area (Å²) in [7, 11) is 0. The third-order valence-corrected chi connectivity index (χ3v) is 3.21. The van der Waals surface area contributed by atoms with Gasteiger partial charge in [-0.15, -0.1) is 0 Å². The number of carbonyl (C=O) groups is 2. The number of para-hydroxylation sites is 1. The van der Waals surface area contributed by atoms with Crippen LogP contribution in [0.2, 0.25) is 0 Å². The van der Waals surface area contributed by atoms with E-state index in [1.54, 1.807) is 19.1 Å². The Morgan fingerprint density at radius 2 is 2.21 bits per heavy atom. The number of nitrogens with zero attached hydrogens (tertiary/aromatic N) is 2. The fraction of sp³-hybridized carbons (Fsp3) is 0.333. The van der Waals surface area contributed by atoms with Crippen LogP contribution >= 0.6 is 0 Å². The Balaban J connectivity index is 2.45. The number of carbonyl (C=O) groups excluding carboxylic acids is 2. The highest BCUT2D eigenvalue weighted by Gasteiger charge is 2.37. The number of hydrogen-bond donors (Lipinski definition) is 1. The Kier molecular flexibility index (Phi) is 3.20. The topological polar surface area (TPSA) is 107 Å². The summed E-state index contributed by atoms with van der Waals surface area (Å²) in [4.78, 5) is 34.8. The molecule has 1 fully saturated rings. The van der Waals surface area contributed by atoms with E-state index in [9.17, 15) is 19.7 Å². The average Bonchev–Trinajstić information content (AvgIpc) is 2.71. The predicted molar refractivity (Wildman–Crippen MR) is 67.5 cm³/mol. The minimum Gasteiger partial charge on any atom is -0.369 e. The monoisotopic (exact) mass is 263 g/mol. The van der Waals surface area contributed by atoms with Gasteiger partial charge in [0, 0.05) is 19.0 Å². The Morgan fingerprint density at radius 1 is 1.53 bits per heavy atom. The fourth-order valence-electron chi connectivity index (χ4n) is 2.26. The minimum absolute atomic E-state index is 0.000815. The quantitative estimate of drug-likeness (QED) is 0.641. The summed E-state index contributed by atoms with van der Waals surface area (Å²) in [5.74, 6) is -1.47. The van der Waals surface area contributed by atoms with E-state index in [0.717, 1.165) is 0 Å². The molecule has 7 nitrogen and oxygen atoms in total.